The predicted molar refractivity (Wildman–Crippen MR) is 55.1 cm³/mol. The fourth-order valence-electron chi connectivity index (χ4n) is 0.954. The minimum Gasteiger partial charge on any atom is -0.382 e. The van der Waals surface area contributed by atoms with Gasteiger partial charge in [-0.2, -0.15) is 9.97 Å². The molecule has 7 heteroatoms. The monoisotopic (exact) mass is 196 g/mol. The lowest BCUT2D eigenvalue weighted by Gasteiger charge is -2.11. The lowest BCUT2D eigenvalue weighted by atomic mass is 10.3. The fourth-order valence-corrected chi connectivity index (χ4v) is 0.954. The molecular formula is C7H12N6O. The molecule has 0 bridgehead atoms. The summed E-state index contributed by atoms with van der Waals surface area (Å²) < 4.78 is 0. The predicted octanol–water partition coefficient (Wildman–Crippen LogP) is 0.859. The number of nitrogens with one attached hydrogen (secondary N) is 1. The van der Waals surface area contributed by atoms with Gasteiger partial charge < -0.3 is 16.8 Å². The molecule has 1 aromatic heterocycles. The van der Waals surface area contributed by atoms with Crippen LogP contribution in [0.5, 0.6) is 0 Å². The Kier molecular flexibility index (Phi) is 2.80. The van der Waals surface area contributed by atoms with Crippen molar-refractivity contribution in [2.24, 2.45) is 5.18 Å². The topological polar surface area (TPSA) is 119 Å². The molecule has 14 heavy (non-hydrogen) atoms. The third-order valence-electron chi connectivity index (χ3n) is 1.44. The van der Waals surface area contributed by atoms with E-state index in [2.05, 4.69) is 20.5 Å². The molecule has 1 heterocycles. The SMILES string of the molecule is CC(C)Nc1nc(N)nc(N)c1N=O. The van der Waals surface area contributed by atoms with Crippen LogP contribution in [0.1, 0.15) is 13.8 Å². The zero-order valence-electron chi connectivity index (χ0n) is 7.98. The van der Waals surface area contributed by atoms with Crippen LogP contribution in [0.25, 0.3) is 0 Å². The van der Waals surface area contributed by atoms with Gasteiger partial charge in [0, 0.05) is 6.04 Å². The molecule has 5 N–H and O–H groups in total. The molecular weight excluding hydrogens is 184 g/mol. The van der Waals surface area contributed by atoms with Crippen LogP contribution in [-0.4, -0.2) is 16.0 Å². The van der Waals surface area contributed by atoms with Crippen molar-refractivity contribution in [2.75, 3.05) is 16.8 Å². The van der Waals surface area contributed by atoms with E-state index in [9.17, 15) is 4.91 Å². The maximum atomic E-state index is 10.5. The highest BCUT2D eigenvalue weighted by Crippen LogP contribution is 2.28. The number of anilines is 3. The molecule has 0 aliphatic carbocycles. The Hall–Kier alpha value is -1.92. The normalized spacial score (nSPS) is 10.2. The van der Waals surface area contributed by atoms with Gasteiger partial charge in [0.05, 0.1) is 0 Å². The molecule has 76 valence electrons. The summed E-state index contributed by atoms with van der Waals surface area (Å²) in [7, 11) is 0. The number of nitrogens with zero attached hydrogens (tertiary/aromatic N) is 3. The van der Waals surface area contributed by atoms with E-state index < -0.39 is 0 Å². The van der Waals surface area contributed by atoms with Crippen LogP contribution in [0.2, 0.25) is 0 Å². The third kappa shape index (κ3) is 2.06. The molecule has 0 amide bonds. The largest absolute Gasteiger partial charge is 0.382 e. The highest BCUT2D eigenvalue weighted by molar-refractivity contribution is 5.73. The summed E-state index contributed by atoms with van der Waals surface area (Å²) in [5.41, 5.74) is 10.8. The van der Waals surface area contributed by atoms with Crippen LogP contribution in [0.4, 0.5) is 23.3 Å². The highest BCUT2D eigenvalue weighted by Gasteiger charge is 2.12. The van der Waals surface area contributed by atoms with Gasteiger partial charge in [0.2, 0.25) is 5.95 Å². The zero-order chi connectivity index (χ0) is 10.7. The zero-order valence-corrected chi connectivity index (χ0v) is 7.98. The molecule has 0 fully saturated rings. The first-order chi connectivity index (χ1) is 6.54. The van der Waals surface area contributed by atoms with Crippen LogP contribution in [-0.2, 0) is 0 Å². The second-order valence-corrected chi connectivity index (χ2v) is 3.05. The maximum absolute atomic E-state index is 10.5. The molecule has 7 nitrogen and oxygen atoms in total. The summed E-state index contributed by atoms with van der Waals surface area (Å²) in [5.74, 6) is 0.258. The van der Waals surface area contributed by atoms with Crippen molar-refractivity contribution in [1.82, 2.24) is 9.97 Å². The number of nitrogens with two attached hydrogens (primary N) is 2. The molecule has 0 aliphatic rings. The molecule has 1 rings (SSSR count). The van der Waals surface area contributed by atoms with Gasteiger partial charge in [-0.3, -0.25) is 0 Å². The molecule has 0 aromatic carbocycles. The third-order valence-corrected chi connectivity index (χ3v) is 1.44. The Bertz CT molecular complexity index is 350. The average molecular weight is 196 g/mol. The van der Waals surface area contributed by atoms with Crippen LogP contribution >= 0.6 is 0 Å². The summed E-state index contributed by atoms with van der Waals surface area (Å²) in [4.78, 5) is 17.9. The van der Waals surface area contributed by atoms with Crippen molar-refractivity contribution in [3.63, 3.8) is 0 Å². The maximum Gasteiger partial charge on any atom is 0.224 e. The van der Waals surface area contributed by atoms with Gasteiger partial charge >= 0.3 is 0 Å². The number of nitroso groups, excluding NO2 is 1. The van der Waals surface area contributed by atoms with Gasteiger partial charge in [-0.05, 0) is 19.0 Å². The molecule has 0 spiro atoms. The van der Waals surface area contributed by atoms with Crippen molar-refractivity contribution >= 4 is 23.3 Å². The molecule has 0 radical (unpaired) electrons. The van der Waals surface area contributed by atoms with E-state index in [0.29, 0.717) is 0 Å². The molecule has 0 unspecified atom stereocenters. The van der Waals surface area contributed by atoms with Crippen LogP contribution < -0.4 is 16.8 Å². The smallest absolute Gasteiger partial charge is 0.224 e. The van der Waals surface area contributed by atoms with Gasteiger partial charge in [-0.15, -0.1) is 4.91 Å². The summed E-state index contributed by atoms with van der Waals surface area (Å²) in [6, 6.07) is 0.101. The van der Waals surface area contributed by atoms with Crippen molar-refractivity contribution in [1.29, 1.82) is 0 Å². The lowest BCUT2D eigenvalue weighted by molar-refractivity contribution is 0.888. The van der Waals surface area contributed by atoms with E-state index in [1.807, 2.05) is 13.8 Å². The van der Waals surface area contributed by atoms with E-state index >= 15 is 0 Å². The number of hydrogen-bond donors (Lipinski definition) is 3. The van der Waals surface area contributed by atoms with Crippen molar-refractivity contribution in [3.8, 4) is 0 Å². The summed E-state index contributed by atoms with van der Waals surface area (Å²) >= 11 is 0. The van der Waals surface area contributed by atoms with Crippen LogP contribution in [0.15, 0.2) is 5.18 Å². The average Bonchev–Trinajstić information content (AvgIpc) is 2.01. The second kappa shape index (κ2) is 3.86. The number of hydrogen-bond acceptors (Lipinski definition) is 7. The molecule has 0 saturated carbocycles. The van der Waals surface area contributed by atoms with Crippen molar-refractivity contribution in [2.45, 2.75) is 19.9 Å². The van der Waals surface area contributed by atoms with Crippen LogP contribution in [0, 0.1) is 4.91 Å². The minimum atomic E-state index is -0.0179. The van der Waals surface area contributed by atoms with Crippen LogP contribution in [0.3, 0.4) is 0 Å². The molecule has 0 aliphatic heterocycles. The van der Waals surface area contributed by atoms with E-state index in [0.717, 1.165) is 0 Å². The Morgan fingerprint density at radius 3 is 2.50 bits per heavy atom. The van der Waals surface area contributed by atoms with Gasteiger partial charge in [0.1, 0.15) is 0 Å². The van der Waals surface area contributed by atoms with Crippen molar-refractivity contribution < 1.29 is 0 Å². The summed E-state index contributed by atoms with van der Waals surface area (Å²) in [6.07, 6.45) is 0. The summed E-state index contributed by atoms with van der Waals surface area (Å²) in [6.45, 7) is 3.78. The second-order valence-electron chi connectivity index (χ2n) is 3.05. The van der Waals surface area contributed by atoms with Gasteiger partial charge in [-0.1, -0.05) is 0 Å². The van der Waals surface area contributed by atoms with E-state index in [1.54, 1.807) is 0 Å². The highest BCUT2D eigenvalue weighted by atomic mass is 16.3. The minimum absolute atomic E-state index is 0.00657. The van der Waals surface area contributed by atoms with Crippen molar-refractivity contribution in [3.05, 3.63) is 4.91 Å². The van der Waals surface area contributed by atoms with E-state index in [4.69, 9.17) is 11.5 Å². The molecule has 0 saturated heterocycles. The Balaban J connectivity index is 3.17. The van der Waals surface area contributed by atoms with Gasteiger partial charge in [-0.25, -0.2) is 0 Å². The fraction of sp³-hybridized carbons (Fsp3) is 0.429. The Labute approximate surface area is 80.9 Å². The van der Waals surface area contributed by atoms with E-state index in [-0.39, 0.29) is 29.3 Å². The quantitative estimate of drug-likeness (QED) is 0.616. The Morgan fingerprint density at radius 1 is 1.36 bits per heavy atom. The first-order valence-corrected chi connectivity index (χ1v) is 4.07. The van der Waals surface area contributed by atoms with Gasteiger partial charge in [0.25, 0.3) is 0 Å². The number of aromatic nitrogens is 2. The first-order valence-electron chi connectivity index (χ1n) is 4.07. The Morgan fingerprint density at radius 2 is 2.00 bits per heavy atom. The lowest BCUT2D eigenvalue weighted by Crippen LogP contribution is -2.13. The standard InChI is InChI=1S/C7H12N6O/c1-3(2)10-6-4(13-14)5(8)11-7(9)12-6/h3H,1-2H3,(H5,8,9,10,11,12). The van der Waals surface area contributed by atoms with Gasteiger partial charge in [0.15, 0.2) is 17.3 Å². The number of nitrogen functional groups attached to an aromatic ring is 2. The van der Waals surface area contributed by atoms with E-state index in [1.165, 1.54) is 0 Å². The first kappa shape index (κ1) is 10.2. The molecule has 0 atom stereocenters. The molecule has 1 aromatic rings. The number of rotatable bonds is 3. The summed E-state index contributed by atoms with van der Waals surface area (Å²) in [5, 5.41) is 5.65.